The van der Waals surface area contributed by atoms with E-state index < -0.39 is 27.9 Å². The summed E-state index contributed by atoms with van der Waals surface area (Å²) in [6.45, 7) is 25.6. The van der Waals surface area contributed by atoms with Crippen molar-refractivity contribution in [1.82, 2.24) is 20.4 Å². The van der Waals surface area contributed by atoms with Crippen LogP contribution in [0.15, 0.2) is 113 Å². The molecule has 3 heterocycles. The molecule has 2 amide bonds. The lowest BCUT2D eigenvalue weighted by atomic mass is 9.81. The van der Waals surface area contributed by atoms with Crippen LogP contribution in [0.25, 0.3) is 0 Å². The van der Waals surface area contributed by atoms with E-state index >= 15 is 0 Å². The van der Waals surface area contributed by atoms with Gasteiger partial charge in [0.15, 0.2) is 9.84 Å². The molecule has 9 atom stereocenters. The van der Waals surface area contributed by atoms with Gasteiger partial charge in [0.1, 0.15) is 23.3 Å². The lowest BCUT2D eigenvalue weighted by Gasteiger charge is -2.33. The smallest absolute Gasteiger partial charge is 0.320 e. The number of thiol groups is 1. The zero-order valence-electron chi connectivity index (χ0n) is 57.9. The maximum Gasteiger partial charge on any atom is 0.320 e. The maximum absolute atomic E-state index is 13.4. The monoisotopic (exact) mass is 1340 g/mol. The van der Waals surface area contributed by atoms with Crippen LogP contribution in [-0.2, 0) is 54.7 Å². The van der Waals surface area contributed by atoms with Crippen molar-refractivity contribution >= 4 is 57.6 Å². The summed E-state index contributed by atoms with van der Waals surface area (Å²) in [5.41, 5.74) is 15.8. The lowest BCUT2D eigenvalue weighted by molar-refractivity contribution is -0.141. The summed E-state index contributed by atoms with van der Waals surface area (Å²) < 4.78 is 28.9. The molecule has 4 aromatic rings. The maximum atomic E-state index is 13.4. The number of carboxylic acid groups (broad SMARTS) is 1. The van der Waals surface area contributed by atoms with E-state index in [0.29, 0.717) is 80.0 Å². The first-order valence-corrected chi connectivity index (χ1v) is 37.5. The number of rotatable bonds is 33. The summed E-state index contributed by atoms with van der Waals surface area (Å²) in [5, 5.41) is 26.8. The highest BCUT2D eigenvalue weighted by molar-refractivity contribution is 7.90. The SMILES string of the molecule is C=C(O)[C@@H]1CCCN1C(=O)[C@H](CCCCN)N[C@@H](CCc1ccccc1)C(C)C.CC(C)[C@@H]1CCCC1C(=O)[C@H](C)CS.CC(C)[C@@H]1CCCN1C(=O)[C@H](CCCCN)N[C@@H](CCc1ccccc1)C(=O)O.CC(C)c1cc(S(C)(=O)=O)c(Cl)cc1CCc1ccco1. The number of nitrogens with zero attached hydrogens (tertiary/aromatic N) is 2. The normalized spacial score (nSPS) is 18.9. The van der Waals surface area contributed by atoms with Crippen LogP contribution in [0.3, 0.4) is 0 Å². The number of furan rings is 1. The van der Waals surface area contributed by atoms with Crippen LogP contribution in [0.5, 0.6) is 0 Å². The van der Waals surface area contributed by atoms with E-state index in [1.807, 2.05) is 79.1 Å². The van der Waals surface area contributed by atoms with Crippen LogP contribution in [0.1, 0.15) is 193 Å². The number of hydrogen-bond acceptors (Lipinski definition) is 13. The first kappa shape index (κ1) is 80.4. The fourth-order valence-corrected chi connectivity index (χ4v) is 14.9. The minimum Gasteiger partial charge on any atom is -0.511 e. The average molecular weight is 1350 g/mol. The van der Waals surface area contributed by atoms with E-state index in [0.717, 1.165) is 119 Å². The van der Waals surface area contributed by atoms with Crippen LogP contribution >= 0.6 is 24.2 Å². The van der Waals surface area contributed by atoms with Crippen molar-refractivity contribution in [2.24, 2.45) is 47.0 Å². The van der Waals surface area contributed by atoms with Crippen LogP contribution in [0.2, 0.25) is 5.02 Å². The van der Waals surface area contributed by atoms with Gasteiger partial charge in [0.05, 0.1) is 34.3 Å². The minimum absolute atomic E-state index is 0.0455. The molecule has 1 saturated carbocycles. The number of sulfone groups is 1. The summed E-state index contributed by atoms with van der Waals surface area (Å²) in [7, 11) is -3.31. The molecule has 3 aromatic carbocycles. The van der Waals surface area contributed by atoms with Gasteiger partial charge in [0, 0.05) is 49.7 Å². The summed E-state index contributed by atoms with van der Waals surface area (Å²) in [5.74, 6) is 4.20. The van der Waals surface area contributed by atoms with E-state index in [4.69, 9.17) is 27.5 Å². The molecule has 7 rings (SSSR count). The number of Topliss-reactive ketones (excluding diaryl/α,β-unsaturated/α-hetero) is 1. The number of benzene rings is 3. The molecule has 3 fully saturated rings. The Morgan fingerprint density at radius 1 is 0.677 bits per heavy atom. The molecule has 0 radical (unpaired) electrons. The van der Waals surface area contributed by atoms with Crippen molar-refractivity contribution < 1.29 is 42.2 Å². The molecule has 3 aliphatic rings. The van der Waals surface area contributed by atoms with Gasteiger partial charge >= 0.3 is 5.97 Å². The van der Waals surface area contributed by atoms with E-state index in [2.05, 4.69) is 95.6 Å². The van der Waals surface area contributed by atoms with Gasteiger partial charge in [0.2, 0.25) is 11.8 Å². The van der Waals surface area contributed by atoms with Gasteiger partial charge in [0.25, 0.3) is 0 Å². The number of nitrogens with two attached hydrogens (primary N) is 2. The molecule has 1 unspecified atom stereocenters. The number of aliphatic hydroxyl groups excluding tert-OH is 1. The topological polar surface area (TPSA) is 239 Å². The number of aryl methyl sites for hydroxylation is 4. The Bertz CT molecular complexity index is 2950. The Morgan fingerprint density at radius 3 is 1.75 bits per heavy atom. The molecular weight excluding hydrogens is 1230 g/mol. The standard InChI is InChI=1S/C24H39N3O2.C23H37N3O3.C16H19ClO3S.C12H22OS/c1-18(2)21(15-14-20-10-5-4-6-11-20)26-22(12-7-8-16-25)24(29)27-17-9-13-23(27)19(3)28;1-17(2)21-12-8-16-26(21)22(27)19(11-6-7-15-24)25-20(23(28)29)14-13-18-9-4-3-5-10-18;1-11(2)14-10-16(21(3,18)19)15(17)9-12(14)6-7-13-5-4-8-20-13;1-8(2)10-5-4-6-11(10)12(13)9(3)7-14/h4-6,10-11,18,21-23,26,28H,3,7-9,12-17,25H2,1-2H3;3-5,9-10,17,19-21,25H,6-8,11-16,24H2,1-2H3,(H,28,29);4-5,8-11H,6-7H2,1-3H3;8-11,14H,4-7H2,1-3H3/t21-,22-,23-;19-,20-,21-;;9-,10+,11?/m00.1/s1. The van der Waals surface area contributed by atoms with Crippen molar-refractivity contribution in [1.29, 1.82) is 0 Å². The number of carboxylic acids is 1. The first-order valence-electron chi connectivity index (χ1n) is 34.6. The number of hydrogen-bond donors (Lipinski definition) is 7. The molecule has 520 valence electrons. The fraction of sp³-hybridized carbons (Fsp3) is 0.627. The molecule has 1 aromatic heterocycles. The number of unbranched alkanes of at least 4 members (excludes halogenated alkanes) is 2. The number of aliphatic hydroxyl groups is 1. The number of carbonyl (C=O) groups excluding carboxylic acids is 3. The summed E-state index contributed by atoms with van der Waals surface area (Å²) >= 11 is 10.4. The van der Waals surface area contributed by atoms with Crippen molar-refractivity contribution in [3.8, 4) is 0 Å². The van der Waals surface area contributed by atoms with Crippen LogP contribution < -0.4 is 22.1 Å². The van der Waals surface area contributed by atoms with Crippen molar-refractivity contribution in [2.45, 2.75) is 231 Å². The quantitative estimate of drug-likeness (QED) is 0.0134. The first-order chi connectivity index (χ1) is 44.2. The molecule has 1 aliphatic carbocycles. The number of likely N-dealkylation sites (tertiary alicyclic amines) is 2. The third kappa shape index (κ3) is 26.8. The molecule has 2 aliphatic heterocycles. The molecular formula is C75H117ClN6O9S2. The van der Waals surface area contributed by atoms with Crippen LogP contribution in [0, 0.1) is 35.5 Å². The second kappa shape index (κ2) is 41.8. The second-order valence-electron chi connectivity index (χ2n) is 27.4. The number of aliphatic carboxylic acids is 1. The van der Waals surface area contributed by atoms with E-state index in [1.54, 1.807) is 18.4 Å². The van der Waals surface area contributed by atoms with Crippen LogP contribution in [-0.4, -0.2) is 126 Å². The van der Waals surface area contributed by atoms with Gasteiger partial charge in [-0.25, -0.2) is 8.42 Å². The summed E-state index contributed by atoms with van der Waals surface area (Å²) in [4.78, 5) is 54.6. The van der Waals surface area contributed by atoms with Crippen LogP contribution in [0.4, 0.5) is 0 Å². The largest absolute Gasteiger partial charge is 0.511 e. The predicted molar refractivity (Wildman–Crippen MR) is 384 cm³/mol. The molecule has 0 bridgehead atoms. The van der Waals surface area contributed by atoms with Gasteiger partial charge < -0.3 is 41.2 Å². The highest BCUT2D eigenvalue weighted by Crippen LogP contribution is 2.39. The van der Waals surface area contributed by atoms with Crippen molar-refractivity contribution in [2.75, 3.05) is 38.2 Å². The Balaban J connectivity index is 0.000000273. The van der Waals surface area contributed by atoms with Gasteiger partial charge in [-0.2, -0.15) is 12.6 Å². The highest BCUT2D eigenvalue weighted by atomic mass is 35.5. The summed E-state index contributed by atoms with van der Waals surface area (Å²) in [6, 6.07) is 26.4. The zero-order chi connectivity index (χ0) is 68.8. The van der Waals surface area contributed by atoms with Crippen molar-refractivity contribution in [3.63, 3.8) is 0 Å². The predicted octanol–water partition coefficient (Wildman–Crippen LogP) is 14.0. The van der Waals surface area contributed by atoms with Gasteiger partial charge in [-0.3, -0.25) is 24.5 Å². The Hall–Kier alpha value is -5.01. The minimum atomic E-state index is -3.31. The molecule has 93 heavy (non-hydrogen) atoms. The lowest BCUT2D eigenvalue weighted by Crippen LogP contribution is -2.53. The van der Waals surface area contributed by atoms with E-state index in [1.165, 1.54) is 24.7 Å². The number of ketones is 1. The summed E-state index contributed by atoms with van der Waals surface area (Å²) in [6.07, 6.45) is 19.6. The number of amides is 2. The molecule has 0 spiro atoms. The zero-order valence-corrected chi connectivity index (χ0v) is 60.3. The number of halogens is 1. The van der Waals surface area contributed by atoms with Gasteiger partial charge in [-0.15, -0.1) is 0 Å². The highest BCUT2D eigenvalue weighted by Gasteiger charge is 2.39. The van der Waals surface area contributed by atoms with Crippen molar-refractivity contribution in [3.05, 3.63) is 137 Å². The van der Waals surface area contributed by atoms with Gasteiger partial charge in [-0.1, -0.05) is 160 Å². The molecule has 15 nitrogen and oxygen atoms in total. The Labute approximate surface area is 570 Å². The van der Waals surface area contributed by atoms with E-state index in [9.17, 15) is 37.8 Å². The molecule has 18 heteroatoms. The van der Waals surface area contributed by atoms with Gasteiger partial charge in [-0.05, 0) is 191 Å². The Kier molecular flexibility index (Phi) is 36.2. The molecule has 8 N–H and O–H groups in total. The third-order valence-electron chi connectivity index (χ3n) is 18.8. The average Bonchev–Trinajstić information content (AvgIpc) is 1.15. The number of carbonyl (C=O) groups is 4. The second-order valence-corrected chi connectivity index (χ2v) is 30.1. The Morgan fingerprint density at radius 2 is 1.25 bits per heavy atom. The number of nitrogens with one attached hydrogen (secondary N) is 2. The van der Waals surface area contributed by atoms with E-state index in [-0.39, 0.29) is 63.5 Å². The fourth-order valence-electron chi connectivity index (χ4n) is 13.3. The molecule has 2 saturated heterocycles. The third-order valence-corrected chi connectivity index (χ3v) is 20.9.